The summed E-state index contributed by atoms with van der Waals surface area (Å²) in [5, 5.41) is 12.1. The van der Waals surface area contributed by atoms with E-state index in [0.717, 1.165) is 11.1 Å². The molecule has 1 unspecified atom stereocenters. The van der Waals surface area contributed by atoms with Gasteiger partial charge in [-0.05, 0) is 60.2 Å². The fraction of sp³-hybridized carbons (Fsp3) is 0.296. The smallest absolute Gasteiger partial charge is 0.344 e. The highest BCUT2D eigenvalue weighted by molar-refractivity contribution is 5.96. The number of aliphatic carboxylic acids is 1. The number of rotatable bonds is 11. The van der Waals surface area contributed by atoms with E-state index in [4.69, 9.17) is 15.2 Å². The summed E-state index contributed by atoms with van der Waals surface area (Å²) in [5.41, 5.74) is 8.20. The van der Waals surface area contributed by atoms with E-state index in [2.05, 4.69) is 10.3 Å². The molecule has 0 radical (unpaired) electrons. The number of ether oxygens (including phenoxy) is 2. The molecule has 3 aromatic rings. The summed E-state index contributed by atoms with van der Waals surface area (Å²) in [7, 11) is 0. The minimum Gasteiger partial charge on any atom is -0.479 e. The van der Waals surface area contributed by atoms with Crippen molar-refractivity contribution < 1.29 is 33.0 Å². The summed E-state index contributed by atoms with van der Waals surface area (Å²) < 4.78 is 39.9. The van der Waals surface area contributed by atoms with Gasteiger partial charge < -0.3 is 25.6 Å². The molecule has 0 fully saturated rings. The van der Waals surface area contributed by atoms with E-state index in [0.29, 0.717) is 24.7 Å². The summed E-state index contributed by atoms with van der Waals surface area (Å²) in [5.74, 6) is -5.34. The molecule has 1 amide bonds. The summed E-state index contributed by atoms with van der Waals surface area (Å²) in [6.07, 6.45) is -1.30. The molecule has 0 aliphatic heterocycles. The van der Waals surface area contributed by atoms with Gasteiger partial charge in [0.1, 0.15) is 5.75 Å². The molecule has 8 nitrogen and oxygen atoms in total. The van der Waals surface area contributed by atoms with Gasteiger partial charge in [0.15, 0.2) is 17.7 Å². The molecule has 2 aromatic carbocycles. The molecule has 0 aliphatic rings. The molecule has 1 aromatic heterocycles. The number of carbonyl (C=O) groups is 2. The van der Waals surface area contributed by atoms with Gasteiger partial charge in [-0.15, -0.1) is 0 Å². The van der Waals surface area contributed by atoms with Crippen LogP contribution in [-0.2, 0) is 11.3 Å². The molecule has 10 heteroatoms. The number of amides is 1. The minimum absolute atomic E-state index is 0.0535. The fourth-order valence-electron chi connectivity index (χ4n) is 3.56. The maximum Gasteiger partial charge on any atom is 0.344 e. The third kappa shape index (κ3) is 7.23. The Morgan fingerprint density at radius 1 is 1.05 bits per heavy atom. The Morgan fingerprint density at radius 3 is 2.43 bits per heavy atom. The maximum absolute atomic E-state index is 14.6. The van der Waals surface area contributed by atoms with Crippen molar-refractivity contribution in [2.75, 3.05) is 6.54 Å². The predicted octanol–water partition coefficient (Wildman–Crippen LogP) is 4.91. The molecule has 0 aliphatic carbocycles. The van der Waals surface area contributed by atoms with Gasteiger partial charge in [-0.2, -0.15) is 4.98 Å². The first-order valence-corrected chi connectivity index (χ1v) is 11.8. The van der Waals surface area contributed by atoms with Crippen LogP contribution in [0.25, 0.3) is 11.1 Å². The van der Waals surface area contributed by atoms with Crippen LogP contribution in [0.15, 0.2) is 48.5 Å². The Bertz CT molecular complexity index is 1280. The van der Waals surface area contributed by atoms with Crippen molar-refractivity contribution in [3.05, 3.63) is 71.3 Å². The number of carbonyl (C=O) groups excluding carboxylic acids is 1. The average Bonchev–Trinajstić information content (AvgIpc) is 2.86. The van der Waals surface area contributed by atoms with Crippen LogP contribution in [0.3, 0.4) is 0 Å². The molecular formula is C27H29F2N3O5. The number of benzene rings is 2. The minimum atomic E-state index is -1.39. The first-order valence-electron chi connectivity index (χ1n) is 11.8. The van der Waals surface area contributed by atoms with Crippen LogP contribution >= 0.6 is 0 Å². The van der Waals surface area contributed by atoms with E-state index < -0.39 is 35.5 Å². The molecule has 196 valence electrons. The van der Waals surface area contributed by atoms with Gasteiger partial charge in [-0.1, -0.05) is 32.0 Å². The standard InChI is InChI=1S/C27H29F2N3O5/c1-4-31-24(33)19-10-18(17-7-5-6-16(9-17)14-30)11-20(12-19)36-25-21(28)13-22(29)26(32-25)37-23(27(34)35)8-15(2)3/h5-7,9-13,15,23H,4,8,14,30H2,1-3H3,(H,31,33)(H,34,35). The van der Waals surface area contributed by atoms with E-state index in [1.807, 2.05) is 24.3 Å². The zero-order chi connectivity index (χ0) is 27.1. The first-order chi connectivity index (χ1) is 17.6. The van der Waals surface area contributed by atoms with Crippen molar-refractivity contribution in [2.45, 2.75) is 39.8 Å². The number of carboxylic acid groups (broad SMARTS) is 1. The third-order valence-electron chi connectivity index (χ3n) is 5.30. The second-order valence-corrected chi connectivity index (χ2v) is 8.75. The normalized spacial score (nSPS) is 11.8. The molecular weight excluding hydrogens is 484 g/mol. The van der Waals surface area contributed by atoms with E-state index in [1.54, 1.807) is 32.9 Å². The Morgan fingerprint density at radius 2 is 1.78 bits per heavy atom. The highest BCUT2D eigenvalue weighted by Crippen LogP contribution is 2.32. The summed E-state index contributed by atoms with van der Waals surface area (Å²) in [6.45, 7) is 6.04. The number of nitrogens with one attached hydrogen (secondary N) is 1. The van der Waals surface area contributed by atoms with E-state index in [1.165, 1.54) is 6.07 Å². The van der Waals surface area contributed by atoms with Gasteiger partial charge >= 0.3 is 5.97 Å². The van der Waals surface area contributed by atoms with Crippen LogP contribution in [0.1, 0.15) is 43.1 Å². The second kappa shape index (κ2) is 12.3. The van der Waals surface area contributed by atoms with Crippen molar-refractivity contribution >= 4 is 11.9 Å². The van der Waals surface area contributed by atoms with Gasteiger partial charge in [0, 0.05) is 24.7 Å². The largest absolute Gasteiger partial charge is 0.479 e. The lowest BCUT2D eigenvalue weighted by atomic mass is 10.00. The molecule has 0 saturated heterocycles. The van der Waals surface area contributed by atoms with Crippen LogP contribution < -0.4 is 20.5 Å². The molecule has 37 heavy (non-hydrogen) atoms. The molecule has 0 saturated carbocycles. The lowest BCUT2D eigenvalue weighted by molar-refractivity contribution is -0.146. The number of aromatic nitrogens is 1. The quantitative estimate of drug-likeness (QED) is 0.333. The number of hydrogen-bond donors (Lipinski definition) is 3. The lowest BCUT2D eigenvalue weighted by Gasteiger charge is -2.17. The van der Waals surface area contributed by atoms with Crippen molar-refractivity contribution in [1.82, 2.24) is 10.3 Å². The van der Waals surface area contributed by atoms with Crippen molar-refractivity contribution in [3.63, 3.8) is 0 Å². The van der Waals surface area contributed by atoms with Crippen LogP contribution in [0.2, 0.25) is 0 Å². The third-order valence-corrected chi connectivity index (χ3v) is 5.30. The average molecular weight is 514 g/mol. The van der Waals surface area contributed by atoms with Crippen molar-refractivity contribution in [2.24, 2.45) is 11.7 Å². The van der Waals surface area contributed by atoms with Crippen LogP contribution in [0.4, 0.5) is 8.78 Å². The lowest BCUT2D eigenvalue weighted by Crippen LogP contribution is -2.29. The number of hydrogen-bond acceptors (Lipinski definition) is 6. The topological polar surface area (TPSA) is 124 Å². The van der Waals surface area contributed by atoms with Crippen LogP contribution in [-0.4, -0.2) is 34.6 Å². The molecule has 4 N–H and O–H groups in total. The highest BCUT2D eigenvalue weighted by Gasteiger charge is 2.25. The van der Waals surface area contributed by atoms with E-state index in [-0.39, 0.29) is 29.6 Å². The zero-order valence-corrected chi connectivity index (χ0v) is 20.8. The van der Waals surface area contributed by atoms with Gasteiger partial charge in [0.2, 0.25) is 0 Å². The molecule has 0 spiro atoms. The van der Waals surface area contributed by atoms with Gasteiger partial charge in [0.05, 0.1) is 0 Å². The fourth-order valence-corrected chi connectivity index (χ4v) is 3.56. The Balaban J connectivity index is 2.02. The number of nitrogens with zero attached hydrogens (tertiary/aromatic N) is 1. The number of nitrogens with two attached hydrogens (primary N) is 1. The first kappa shape index (κ1) is 27.5. The summed E-state index contributed by atoms with van der Waals surface area (Å²) >= 11 is 0. The van der Waals surface area contributed by atoms with Crippen molar-refractivity contribution in [1.29, 1.82) is 0 Å². The maximum atomic E-state index is 14.6. The summed E-state index contributed by atoms with van der Waals surface area (Å²) in [4.78, 5) is 27.9. The highest BCUT2D eigenvalue weighted by atomic mass is 19.1. The number of pyridine rings is 1. The number of halogens is 2. The zero-order valence-electron chi connectivity index (χ0n) is 20.8. The van der Waals surface area contributed by atoms with Gasteiger partial charge in [-0.3, -0.25) is 4.79 Å². The van der Waals surface area contributed by atoms with Gasteiger partial charge in [-0.25, -0.2) is 13.6 Å². The summed E-state index contributed by atoms with van der Waals surface area (Å²) in [6, 6.07) is 12.5. The van der Waals surface area contributed by atoms with Crippen LogP contribution in [0.5, 0.6) is 17.5 Å². The molecule has 0 bridgehead atoms. The molecule has 1 atom stereocenters. The van der Waals surface area contributed by atoms with Gasteiger partial charge in [0.25, 0.3) is 17.7 Å². The van der Waals surface area contributed by atoms with Crippen LogP contribution in [0, 0.1) is 17.6 Å². The van der Waals surface area contributed by atoms with E-state index >= 15 is 0 Å². The second-order valence-electron chi connectivity index (χ2n) is 8.75. The Labute approximate surface area is 213 Å². The molecule has 3 rings (SSSR count). The Kier molecular flexibility index (Phi) is 9.13. The van der Waals surface area contributed by atoms with Crippen molar-refractivity contribution in [3.8, 4) is 28.6 Å². The molecule has 1 heterocycles. The SMILES string of the molecule is CCNC(=O)c1cc(Oc2nc(OC(CC(C)C)C(=O)O)c(F)cc2F)cc(-c2cccc(CN)c2)c1. The predicted molar refractivity (Wildman–Crippen MR) is 134 cm³/mol. The monoisotopic (exact) mass is 513 g/mol. The number of carboxylic acids is 1. The Hall–Kier alpha value is -4.05. The van der Waals surface area contributed by atoms with E-state index in [9.17, 15) is 23.5 Å².